The minimum Gasteiger partial charge on any atom is -0.398 e. The van der Waals surface area contributed by atoms with Crippen molar-refractivity contribution in [1.29, 1.82) is 0 Å². The summed E-state index contributed by atoms with van der Waals surface area (Å²) in [6.07, 6.45) is 2.00. The van der Waals surface area contributed by atoms with E-state index in [0.29, 0.717) is 18.7 Å². The number of carbonyl (C=O) groups is 1. The number of amides is 1. The predicted molar refractivity (Wildman–Crippen MR) is 76.3 cm³/mol. The van der Waals surface area contributed by atoms with Crippen molar-refractivity contribution in [3.63, 3.8) is 0 Å². The number of anilines is 1. The number of nitrogen functional groups attached to an aromatic ring is 1. The van der Waals surface area contributed by atoms with Crippen molar-refractivity contribution in [1.82, 2.24) is 4.31 Å². The normalized spacial score (nSPS) is 20.8. The minimum absolute atomic E-state index is 0.105. The SMILES string of the molecule is Cc1ccc(S(=O)(=O)N2CCCCC2C(N)=O)cc1N. The molecule has 7 heteroatoms. The van der Waals surface area contributed by atoms with Crippen LogP contribution < -0.4 is 11.5 Å². The third-order valence-corrected chi connectivity index (χ3v) is 5.54. The summed E-state index contributed by atoms with van der Waals surface area (Å²) in [5.41, 5.74) is 12.3. The number of rotatable bonds is 3. The van der Waals surface area contributed by atoms with Gasteiger partial charge in [0.25, 0.3) is 0 Å². The number of aryl methyl sites for hydroxylation is 1. The summed E-state index contributed by atoms with van der Waals surface area (Å²) in [4.78, 5) is 11.6. The quantitative estimate of drug-likeness (QED) is 0.797. The largest absolute Gasteiger partial charge is 0.398 e. The van der Waals surface area contributed by atoms with Gasteiger partial charge in [0.1, 0.15) is 6.04 Å². The Labute approximate surface area is 118 Å². The zero-order valence-corrected chi connectivity index (χ0v) is 12.2. The van der Waals surface area contributed by atoms with E-state index in [0.717, 1.165) is 18.4 Å². The van der Waals surface area contributed by atoms with Gasteiger partial charge in [-0.2, -0.15) is 4.31 Å². The van der Waals surface area contributed by atoms with E-state index in [1.807, 2.05) is 0 Å². The van der Waals surface area contributed by atoms with Gasteiger partial charge in [-0.15, -0.1) is 0 Å². The van der Waals surface area contributed by atoms with Gasteiger partial charge >= 0.3 is 0 Å². The first-order chi connectivity index (χ1) is 9.34. The molecule has 0 spiro atoms. The molecule has 0 saturated carbocycles. The van der Waals surface area contributed by atoms with Gasteiger partial charge in [-0.25, -0.2) is 8.42 Å². The molecular weight excluding hydrogens is 278 g/mol. The number of piperidine rings is 1. The van der Waals surface area contributed by atoms with Crippen LogP contribution in [-0.2, 0) is 14.8 Å². The Kier molecular flexibility index (Phi) is 4.01. The van der Waals surface area contributed by atoms with Crippen LogP contribution in [0.3, 0.4) is 0 Å². The van der Waals surface area contributed by atoms with E-state index in [1.54, 1.807) is 13.0 Å². The van der Waals surface area contributed by atoms with Gasteiger partial charge in [0.05, 0.1) is 4.90 Å². The number of nitrogens with zero attached hydrogens (tertiary/aromatic N) is 1. The van der Waals surface area contributed by atoms with Crippen LogP contribution in [0.25, 0.3) is 0 Å². The molecule has 110 valence electrons. The maximum absolute atomic E-state index is 12.6. The molecule has 0 aliphatic carbocycles. The Morgan fingerprint density at radius 1 is 1.35 bits per heavy atom. The summed E-state index contributed by atoms with van der Waals surface area (Å²) < 4.78 is 26.5. The molecule has 1 fully saturated rings. The van der Waals surface area contributed by atoms with Crippen molar-refractivity contribution >= 4 is 21.6 Å². The van der Waals surface area contributed by atoms with Gasteiger partial charge in [-0.1, -0.05) is 12.5 Å². The lowest BCUT2D eigenvalue weighted by Crippen LogP contribution is -2.50. The average molecular weight is 297 g/mol. The number of hydrogen-bond acceptors (Lipinski definition) is 4. The van der Waals surface area contributed by atoms with Gasteiger partial charge in [-0.05, 0) is 37.5 Å². The van der Waals surface area contributed by atoms with Gasteiger partial charge < -0.3 is 11.5 Å². The molecule has 2 rings (SSSR count). The van der Waals surface area contributed by atoms with Crippen LogP contribution in [0.2, 0.25) is 0 Å². The molecule has 1 aromatic rings. The first-order valence-corrected chi connectivity index (χ1v) is 7.95. The Hall–Kier alpha value is -1.60. The molecule has 0 aromatic heterocycles. The molecule has 1 aromatic carbocycles. The van der Waals surface area contributed by atoms with Crippen LogP contribution in [0, 0.1) is 6.92 Å². The molecule has 20 heavy (non-hydrogen) atoms. The fourth-order valence-electron chi connectivity index (χ4n) is 2.39. The molecular formula is C13H19N3O3S. The van der Waals surface area contributed by atoms with Crippen LogP contribution in [0.5, 0.6) is 0 Å². The predicted octanol–water partition coefficient (Wildman–Crippen LogP) is 0.606. The third-order valence-electron chi connectivity index (χ3n) is 3.64. The molecule has 1 aliphatic rings. The van der Waals surface area contributed by atoms with Gasteiger partial charge in [0.2, 0.25) is 15.9 Å². The van der Waals surface area contributed by atoms with E-state index in [-0.39, 0.29) is 4.90 Å². The molecule has 0 bridgehead atoms. The molecule has 1 aliphatic heterocycles. The second-order valence-electron chi connectivity index (χ2n) is 5.05. The van der Waals surface area contributed by atoms with E-state index in [9.17, 15) is 13.2 Å². The van der Waals surface area contributed by atoms with Crippen molar-refractivity contribution < 1.29 is 13.2 Å². The van der Waals surface area contributed by atoms with Crippen LogP contribution >= 0.6 is 0 Å². The van der Waals surface area contributed by atoms with Crippen molar-refractivity contribution in [3.8, 4) is 0 Å². The van der Waals surface area contributed by atoms with Crippen molar-refractivity contribution in [2.45, 2.75) is 37.1 Å². The first-order valence-electron chi connectivity index (χ1n) is 6.51. The number of benzene rings is 1. The van der Waals surface area contributed by atoms with E-state index in [2.05, 4.69) is 0 Å². The number of hydrogen-bond donors (Lipinski definition) is 2. The standard InChI is InChI=1S/C13H19N3O3S/c1-9-5-6-10(8-11(9)14)20(18,19)16-7-3-2-4-12(16)13(15)17/h5-6,8,12H,2-4,7,14H2,1H3,(H2,15,17). The van der Waals surface area contributed by atoms with Gasteiger partial charge in [-0.3, -0.25) is 4.79 Å². The van der Waals surface area contributed by atoms with Crippen molar-refractivity contribution in [3.05, 3.63) is 23.8 Å². The van der Waals surface area contributed by atoms with E-state index >= 15 is 0 Å². The topological polar surface area (TPSA) is 106 Å². The monoisotopic (exact) mass is 297 g/mol. The Morgan fingerprint density at radius 2 is 2.05 bits per heavy atom. The van der Waals surface area contributed by atoms with Gasteiger partial charge in [0.15, 0.2) is 0 Å². The summed E-state index contributed by atoms with van der Waals surface area (Å²) in [5, 5.41) is 0. The number of nitrogens with two attached hydrogens (primary N) is 2. The van der Waals surface area contributed by atoms with Gasteiger partial charge in [0, 0.05) is 12.2 Å². The van der Waals surface area contributed by atoms with E-state index in [4.69, 9.17) is 11.5 Å². The minimum atomic E-state index is -3.74. The lowest BCUT2D eigenvalue weighted by molar-refractivity contribution is -0.122. The summed E-state index contributed by atoms with van der Waals surface area (Å²) >= 11 is 0. The zero-order valence-electron chi connectivity index (χ0n) is 11.4. The first kappa shape index (κ1) is 14.8. The molecule has 4 N–H and O–H groups in total. The fourth-order valence-corrected chi connectivity index (χ4v) is 4.09. The second kappa shape index (κ2) is 5.41. The van der Waals surface area contributed by atoms with E-state index < -0.39 is 22.0 Å². The molecule has 1 atom stereocenters. The smallest absolute Gasteiger partial charge is 0.243 e. The Morgan fingerprint density at radius 3 is 2.65 bits per heavy atom. The molecule has 6 nitrogen and oxygen atoms in total. The van der Waals surface area contributed by atoms with E-state index in [1.165, 1.54) is 16.4 Å². The van der Waals surface area contributed by atoms with Crippen LogP contribution in [0.1, 0.15) is 24.8 Å². The van der Waals surface area contributed by atoms with Crippen LogP contribution in [-0.4, -0.2) is 31.2 Å². The lowest BCUT2D eigenvalue weighted by atomic mass is 10.0. The highest BCUT2D eigenvalue weighted by molar-refractivity contribution is 7.89. The fraction of sp³-hybridized carbons (Fsp3) is 0.462. The lowest BCUT2D eigenvalue weighted by Gasteiger charge is -2.32. The highest BCUT2D eigenvalue weighted by Gasteiger charge is 2.36. The Balaban J connectivity index is 2.42. The van der Waals surface area contributed by atoms with Crippen molar-refractivity contribution in [2.24, 2.45) is 5.73 Å². The van der Waals surface area contributed by atoms with Crippen LogP contribution in [0.4, 0.5) is 5.69 Å². The van der Waals surface area contributed by atoms with Crippen molar-refractivity contribution in [2.75, 3.05) is 12.3 Å². The summed E-state index contributed by atoms with van der Waals surface area (Å²) in [7, 11) is -3.74. The highest BCUT2D eigenvalue weighted by atomic mass is 32.2. The maximum atomic E-state index is 12.6. The summed E-state index contributed by atoms with van der Waals surface area (Å²) in [5.74, 6) is -0.603. The Bertz CT molecular complexity index is 628. The molecule has 0 radical (unpaired) electrons. The maximum Gasteiger partial charge on any atom is 0.243 e. The zero-order chi connectivity index (χ0) is 14.9. The molecule has 1 amide bonds. The number of carbonyl (C=O) groups excluding carboxylic acids is 1. The highest BCUT2D eigenvalue weighted by Crippen LogP contribution is 2.27. The van der Waals surface area contributed by atoms with Crippen LogP contribution in [0.15, 0.2) is 23.1 Å². The third kappa shape index (κ3) is 2.64. The summed E-state index contributed by atoms with van der Waals surface area (Å²) in [6, 6.07) is 3.83. The molecule has 1 unspecified atom stereocenters. The molecule has 1 heterocycles. The number of sulfonamides is 1. The second-order valence-corrected chi connectivity index (χ2v) is 6.94. The number of primary amides is 1. The summed E-state index contributed by atoms with van der Waals surface area (Å²) in [6.45, 7) is 2.11. The average Bonchev–Trinajstić information content (AvgIpc) is 2.41. The molecule has 1 saturated heterocycles.